The molecule has 0 radical (unpaired) electrons. The summed E-state index contributed by atoms with van der Waals surface area (Å²) in [5.74, 6) is 0. The third-order valence-electron chi connectivity index (χ3n) is 2.78. The van der Waals surface area contributed by atoms with E-state index >= 15 is 0 Å². The summed E-state index contributed by atoms with van der Waals surface area (Å²) < 4.78 is 37.0. The lowest BCUT2D eigenvalue weighted by Gasteiger charge is -2.08. The molecule has 0 saturated heterocycles. The Hall–Kier alpha value is -0.990. The van der Waals surface area contributed by atoms with E-state index in [0.717, 1.165) is 5.56 Å². The molecule has 7 heteroatoms. The maximum Gasteiger partial charge on any atom is 0.240 e. The molecule has 0 saturated carbocycles. The maximum atomic E-state index is 12.1. The van der Waals surface area contributed by atoms with E-state index in [-0.39, 0.29) is 4.90 Å². The minimum absolute atomic E-state index is 0.288. The van der Waals surface area contributed by atoms with E-state index < -0.39 is 10.0 Å². The monoisotopic (exact) mass is 316 g/mol. The Morgan fingerprint density at radius 2 is 2.00 bits per heavy atom. The average molecular weight is 316 g/mol. The van der Waals surface area contributed by atoms with Crippen LogP contribution in [0.1, 0.15) is 12.0 Å². The van der Waals surface area contributed by atoms with Crippen molar-refractivity contribution in [3.63, 3.8) is 0 Å². The minimum Gasteiger partial charge on any atom is -0.382 e. The number of hydrogen-bond acceptors (Lipinski definition) is 5. The zero-order valence-electron chi connectivity index (χ0n) is 12.6. The topological polar surface area (TPSA) is 76.7 Å². The molecule has 0 aliphatic heterocycles. The molecule has 0 bridgehead atoms. The summed E-state index contributed by atoms with van der Waals surface area (Å²) in [5.41, 5.74) is 0.934. The molecule has 0 aromatic heterocycles. The van der Waals surface area contributed by atoms with Crippen LogP contribution in [0.3, 0.4) is 0 Å². The molecule has 21 heavy (non-hydrogen) atoms. The molecular weight excluding hydrogens is 292 g/mol. The molecular formula is C14H24N2O4S. The summed E-state index contributed by atoms with van der Waals surface area (Å²) in [7, 11) is -0.0233. The standard InChI is InChI=1S/C14H24N2O4S/c1-15-12-13-5-3-6-14(11-13)21(17,18)16-7-4-8-20-10-9-19-2/h3,5-6,11,15-16H,4,7-10,12H2,1-2H3. The lowest BCUT2D eigenvalue weighted by molar-refractivity contribution is 0.0699. The van der Waals surface area contributed by atoms with Crippen molar-refractivity contribution in [2.24, 2.45) is 0 Å². The number of methoxy groups -OCH3 is 1. The molecule has 120 valence electrons. The van der Waals surface area contributed by atoms with E-state index in [1.165, 1.54) is 0 Å². The van der Waals surface area contributed by atoms with Crippen molar-refractivity contribution in [2.45, 2.75) is 17.9 Å². The quantitative estimate of drug-likeness (QED) is 0.589. The van der Waals surface area contributed by atoms with Gasteiger partial charge in [0, 0.05) is 26.8 Å². The Kier molecular flexibility index (Phi) is 8.48. The molecule has 2 N–H and O–H groups in total. The lowest BCUT2D eigenvalue weighted by Crippen LogP contribution is -2.26. The number of benzene rings is 1. The fraction of sp³-hybridized carbons (Fsp3) is 0.571. The van der Waals surface area contributed by atoms with E-state index in [1.807, 2.05) is 13.1 Å². The van der Waals surface area contributed by atoms with Crippen LogP contribution in [-0.2, 0) is 26.0 Å². The first kappa shape index (κ1) is 18.1. The summed E-state index contributed by atoms with van der Waals surface area (Å²) >= 11 is 0. The van der Waals surface area contributed by atoms with Crippen molar-refractivity contribution in [1.82, 2.24) is 10.0 Å². The van der Waals surface area contributed by atoms with E-state index in [9.17, 15) is 8.42 Å². The average Bonchev–Trinajstić information content (AvgIpc) is 2.47. The fourth-order valence-corrected chi connectivity index (χ4v) is 2.88. The molecule has 6 nitrogen and oxygen atoms in total. The van der Waals surface area contributed by atoms with Crippen LogP contribution >= 0.6 is 0 Å². The molecule has 0 unspecified atom stereocenters. The Labute approximate surface area is 126 Å². The first-order chi connectivity index (χ1) is 10.1. The zero-order chi connectivity index (χ0) is 15.6. The van der Waals surface area contributed by atoms with Crippen LogP contribution < -0.4 is 10.0 Å². The van der Waals surface area contributed by atoms with Gasteiger partial charge in [-0.2, -0.15) is 0 Å². The first-order valence-electron chi connectivity index (χ1n) is 6.90. The van der Waals surface area contributed by atoms with Gasteiger partial charge < -0.3 is 14.8 Å². The van der Waals surface area contributed by atoms with E-state index in [2.05, 4.69) is 10.0 Å². The highest BCUT2D eigenvalue weighted by Crippen LogP contribution is 2.11. The van der Waals surface area contributed by atoms with Gasteiger partial charge in [0.25, 0.3) is 0 Å². The van der Waals surface area contributed by atoms with Crippen molar-refractivity contribution in [3.05, 3.63) is 29.8 Å². The van der Waals surface area contributed by atoms with Crippen LogP contribution in [0.15, 0.2) is 29.2 Å². The van der Waals surface area contributed by atoms with Crippen LogP contribution in [-0.4, -0.2) is 48.9 Å². The summed E-state index contributed by atoms with van der Waals surface area (Å²) in [6.45, 7) is 2.56. The Morgan fingerprint density at radius 3 is 2.71 bits per heavy atom. The van der Waals surface area contributed by atoms with Crippen molar-refractivity contribution in [3.8, 4) is 0 Å². The smallest absolute Gasteiger partial charge is 0.240 e. The fourth-order valence-electron chi connectivity index (χ4n) is 1.74. The number of rotatable bonds is 11. The number of ether oxygens (including phenoxy) is 2. The number of sulfonamides is 1. The zero-order valence-corrected chi connectivity index (χ0v) is 13.4. The molecule has 0 aliphatic carbocycles. The molecule has 0 aliphatic rings. The highest BCUT2D eigenvalue weighted by molar-refractivity contribution is 7.89. The van der Waals surface area contributed by atoms with E-state index in [1.54, 1.807) is 25.3 Å². The molecule has 1 rings (SSSR count). The summed E-state index contributed by atoms with van der Waals surface area (Å²) in [5, 5.41) is 3.00. The van der Waals surface area contributed by atoms with Crippen molar-refractivity contribution in [2.75, 3.05) is 40.5 Å². The van der Waals surface area contributed by atoms with Gasteiger partial charge in [-0.3, -0.25) is 0 Å². The van der Waals surface area contributed by atoms with E-state index in [4.69, 9.17) is 9.47 Å². The maximum absolute atomic E-state index is 12.1. The van der Waals surface area contributed by atoms with Gasteiger partial charge in [0.1, 0.15) is 0 Å². The Morgan fingerprint density at radius 1 is 1.19 bits per heavy atom. The highest BCUT2D eigenvalue weighted by Gasteiger charge is 2.13. The van der Waals surface area contributed by atoms with Crippen molar-refractivity contribution < 1.29 is 17.9 Å². The van der Waals surface area contributed by atoms with Crippen LogP contribution in [0.4, 0.5) is 0 Å². The normalized spacial score (nSPS) is 11.7. The second-order valence-corrected chi connectivity index (χ2v) is 6.30. The highest BCUT2D eigenvalue weighted by atomic mass is 32.2. The van der Waals surface area contributed by atoms with Gasteiger partial charge in [0.15, 0.2) is 0 Å². The summed E-state index contributed by atoms with van der Waals surface area (Å²) in [6.07, 6.45) is 0.624. The van der Waals surface area contributed by atoms with Crippen molar-refractivity contribution >= 4 is 10.0 Å². The lowest BCUT2D eigenvalue weighted by atomic mass is 10.2. The van der Waals surface area contributed by atoms with Crippen LogP contribution in [0, 0.1) is 0 Å². The summed E-state index contributed by atoms with van der Waals surface area (Å²) in [6, 6.07) is 6.90. The molecule has 0 spiro atoms. The summed E-state index contributed by atoms with van der Waals surface area (Å²) in [4.78, 5) is 0.288. The Bertz CT molecular complexity index is 505. The number of nitrogens with one attached hydrogen (secondary N) is 2. The minimum atomic E-state index is -3.46. The number of hydrogen-bond donors (Lipinski definition) is 2. The molecule has 0 atom stereocenters. The second kappa shape index (κ2) is 9.86. The molecule has 0 heterocycles. The molecule has 1 aromatic rings. The molecule has 0 amide bonds. The van der Waals surface area contributed by atoms with Gasteiger partial charge in [-0.05, 0) is 31.2 Å². The molecule has 0 fully saturated rings. The van der Waals surface area contributed by atoms with Crippen molar-refractivity contribution in [1.29, 1.82) is 0 Å². The van der Waals surface area contributed by atoms with Crippen LogP contribution in [0.5, 0.6) is 0 Å². The van der Waals surface area contributed by atoms with Gasteiger partial charge >= 0.3 is 0 Å². The van der Waals surface area contributed by atoms with Gasteiger partial charge in [-0.1, -0.05) is 12.1 Å². The van der Waals surface area contributed by atoms with Crippen LogP contribution in [0.2, 0.25) is 0 Å². The SMILES string of the molecule is CNCc1cccc(S(=O)(=O)NCCCOCCOC)c1. The Balaban J connectivity index is 2.41. The van der Waals surface area contributed by atoms with Gasteiger partial charge in [-0.15, -0.1) is 0 Å². The van der Waals surface area contributed by atoms with Gasteiger partial charge in [-0.25, -0.2) is 13.1 Å². The van der Waals surface area contributed by atoms with E-state index in [0.29, 0.717) is 39.3 Å². The third kappa shape index (κ3) is 7.01. The second-order valence-electron chi connectivity index (χ2n) is 4.53. The van der Waals surface area contributed by atoms with Crippen LogP contribution in [0.25, 0.3) is 0 Å². The van der Waals surface area contributed by atoms with Gasteiger partial charge in [0.2, 0.25) is 10.0 Å². The predicted octanol–water partition coefficient (Wildman–Crippen LogP) is 0.737. The first-order valence-corrected chi connectivity index (χ1v) is 8.38. The third-order valence-corrected chi connectivity index (χ3v) is 4.24. The largest absolute Gasteiger partial charge is 0.382 e. The predicted molar refractivity (Wildman–Crippen MR) is 81.7 cm³/mol. The van der Waals surface area contributed by atoms with Gasteiger partial charge in [0.05, 0.1) is 18.1 Å². The molecule has 1 aromatic carbocycles.